The molecule has 3 heterocycles. The Morgan fingerprint density at radius 1 is 1.41 bits per heavy atom. The number of methoxy groups -OCH3 is 1. The molecule has 29 heavy (non-hydrogen) atoms. The summed E-state index contributed by atoms with van der Waals surface area (Å²) in [6.45, 7) is 2.51. The van der Waals surface area contributed by atoms with Crippen LogP contribution in [-0.2, 0) is 14.9 Å². The van der Waals surface area contributed by atoms with Gasteiger partial charge in [0.2, 0.25) is 0 Å². The molecule has 2 aliphatic rings. The van der Waals surface area contributed by atoms with E-state index in [4.69, 9.17) is 11.6 Å². The number of hydrogen-bond donors (Lipinski definition) is 1. The molecule has 7 nitrogen and oxygen atoms in total. The van der Waals surface area contributed by atoms with Crippen molar-refractivity contribution in [2.45, 2.75) is 16.0 Å². The fourth-order valence-electron chi connectivity index (χ4n) is 3.98. The van der Waals surface area contributed by atoms with E-state index in [9.17, 15) is 9.59 Å². The fraction of sp³-hybridized carbons (Fsp3) is 0.421. The Morgan fingerprint density at radius 3 is 2.97 bits per heavy atom. The molecule has 0 bridgehead atoms. The van der Waals surface area contributed by atoms with Gasteiger partial charge in [0.25, 0.3) is 0 Å². The zero-order chi connectivity index (χ0) is 20.6. The number of thiazole rings is 1. The van der Waals surface area contributed by atoms with Crippen LogP contribution in [0.3, 0.4) is 0 Å². The minimum absolute atomic E-state index is 0.0866. The number of esters is 1. The number of ether oxygens (including phenoxy) is 1. The highest BCUT2D eigenvalue weighted by atomic mass is 35.5. The number of nitrogens with zero attached hydrogens (tertiary/aromatic N) is 3. The molecule has 2 aliphatic heterocycles. The van der Waals surface area contributed by atoms with Crippen molar-refractivity contribution in [2.24, 2.45) is 0 Å². The quantitative estimate of drug-likeness (QED) is 0.563. The lowest BCUT2D eigenvalue weighted by molar-refractivity contribution is -0.137. The summed E-state index contributed by atoms with van der Waals surface area (Å²) in [6.07, 6.45) is 2.64. The molecule has 0 radical (unpaired) electrons. The van der Waals surface area contributed by atoms with Crippen LogP contribution in [0.1, 0.15) is 12.0 Å². The smallest absolute Gasteiger partial charge is 0.328 e. The van der Waals surface area contributed by atoms with Crippen LogP contribution in [0.5, 0.6) is 0 Å². The minimum atomic E-state index is -0.298. The summed E-state index contributed by atoms with van der Waals surface area (Å²) in [5.41, 5.74) is 1.95. The normalized spacial score (nSPS) is 20.9. The highest BCUT2D eigenvalue weighted by Crippen LogP contribution is 2.47. The first-order chi connectivity index (χ1) is 13.9. The topological polar surface area (TPSA) is 74.8 Å². The third-order valence-electron chi connectivity index (χ3n) is 5.33. The van der Waals surface area contributed by atoms with Crippen LogP contribution in [0.15, 0.2) is 28.6 Å². The second-order valence-corrected chi connectivity index (χ2v) is 10.0. The zero-order valence-corrected chi connectivity index (χ0v) is 18.5. The van der Waals surface area contributed by atoms with Crippen LogP contribution in [-0.4, -0.2) is 61.4 Å². The van der Waals surface area contributed by atoms with E-state index in [1.54, 1.807) is 11.1 Å². The molecule has 1 atom stereocenters. The number of urea groups is 1. The largest absolute Gasteiger partial charge is 0.468 e. The number of likely N-dealkylation sites (tertiary alicyclic amines) is 1. The van der Waals surface area contributed by atoms with Gasteiger partial charge in [0, 0.05) is 29.2 Å². The Hall–Kier alpha value is -1.81. The maximum absolute atomic E-state index is 13.1. The van der Waals surface area contributed by atoms with Gasteiger partial charge < -0.3 is 9.64 Å². The standard InChI is InChI=1S/C19H21ClN4O3S2/c1-23-6-5-19(10-23)11-24(14-4-3-12(20)7-13(14)19)18(26)22-17-21-8-16(29-17)28-9-15(25)27-2/h3-4,7-8H,5-6,9-11H2,1-2H3,(H,21,22,26). The van der Waals surface area contributed by atoms with E-state index in [1.165, 1.54) is 30.2 Å². The predicted molar refractivity (Wildman–Crippen MR) is 116 cm³/mol. The van der Waals surface area contributed by atoms with Crippen LogP contribution in [0.2, 0.25) is 5.02 Å². The molecule has 0 aliphatic carbocycles. The van der Waals surface area contributed by atoms with Gasteiger partial charge in [-0.2, -0.15) is 0 Å². The summed E-state index contributed by atoms with van der Waals surface area (Å²) in [6, 6.07) is 5.53. The summed E-state index contributed by atoms with van der Waals surface area (Å²) in [5, 5.41) is 4.09. The number of likely N-dealkylation sites (N-methyl/N-ethyl adjacent to an activating group) is 1. The fourth-order valence-corrected chi connectivity index (χ4v) is 5.85. The molecule has 1 spiro atoms. The summed E-state index contributed by atoms with van der Waals surface area (Å²) < 4.78 is 5.48. The van der Waals surface area contributed by atoms with Crippen molar-refractivity contribution in [2.75, 3.05) is 49.8 Å². The van der Waals surface area contributed by atoms with E-state index in [0.717, 1.165) is 35.0 Å². The Morgan fingerprint density at radius 2 is 2.24 bits per heavy atom. The van der Waals surface area contributed by atoms with Crippen molar-refractivity contribution in [3.8, 4) is 0 Å². The molecule has 1 aromatic heterocycles. The highest BCUT2D eigenvalue weighted by Gasteiger charge is 2.48. The van der Waals surface area contributed by atoms with Crippen LogP contribution >= 0.6 is 34.7 Å². The Balaban J connectivity index is 1.50. The molecular formula is C19H21ClN4O3S2. The molecular weight excluding hydrogens is 432 g/mol. The van der Waals surface area contributed by atoms with Gasteiger partial charge in [-0.3, -0.25) is 15.0 Å². The Bertz CT molecular complexity index is 953. The number of fused-ring (bicyclic) bond motifs is 2. The number of hydrogen-bond acceptors (Lipinski definition) is 7. The zero-order valence-electron chi connectivity index (χ0n) is 16.1. The number of benzene rings is 1. The van der Waals surface area contributed by atoms with E-state index < -0.39 is 0 Å². The number of thioether (sulfide) groups is 1. The third-order valence-corrected chi connectivity index (χ3v) is 7.65. The molecule has 0 saturated carbocycles. The first-order valence-corrected chi connectivity index (χ1v) is 11.3. The summed E-state index contributed by atoms with van der Waals surface area (Å²) in [7, 11) is 3.46. The second-order valence-electron chi connectivity index (χ2n) is 7.30. The van der Waals surface area contributed by atoms with Crippen molar-refractivity contribution in [1.82, 2.24) is 9.88 Å². The molecule has 1 N–H and O–H groups in total. The van der Waals surface area contributed by atoms with Crippen molar-refractivity contribution >= 4 is 57.5 Å². The molecule has 4 rings (SSSR count). The van der Waals surface area contributed by atoms with Crippen LogP contribution in [0.4, 0.5) is 15.6 Å². The van der Waals surface area contributed by atoms with E-state index >= 15 is 0 Å². The Labute approximate surface area is 182 Å². The lowest BCUT2D eigenvalue weighted by Gasteiger charge is -2.25. The summed E-state index contributed by atoms with van der Waals surface area (Å²) in [4.78, 5) is 32.7. The van der Waals surface area contributed by atoms with E-state index in [0.29, 0.717) is 16.7 Å². The minimum Gasteiger partial charge on any atom is -0.468 e. The third kappa shape index (κ3) is 4.09. The highest BCUT2D eigenvalue weighted by molar-refractivity contribution is 8.01. The number of halogens is 1. The second kappa shape index (κ2) is 8.14. The lowest BCUT2D eigenvalue weighted by Crippen LogP contribution is -2.40. The van der Waals surface area contributed by atoms with E-state index in [1.807, 2.05) is 18.2 Å². The Kier molecular flexibility index (Phi) is 5.74. The maximum atomic E-state index is 13.1. The molecule has 10 heteroatoms. The van der Waals surface area contributed by atoms with Crippen LogP contribution < -0.4 is 10.2 Å². The van der Waals surface area contributed by atoms with Crippen LogP contribution in [0, 0.1) is 0 Å². The van der Waals surface area contributed by atoms with Gasteiger partial charge in [-0.25, -0.2) is 9.78 Å². The van der Waals surface area contributed by atoms with Gasteiger partial charge in [-0.05, 0) is 43.8 Å². The summed E-state index contributed by atoms with van der Waals surface area (Å²) in [5.74, 6) is -0.0873. The molecule has 1 fully saturated rings. The van der Waals surface area contributed by atoms with Crippen molar-refractivity contribution < 1.29 is 14.3 Å². The maximum Gasteiger partial charge on any atom is 0.328 e. The predicted octanol–water partition coefficient (Wildman–Crippen LogP) is 3.69. The van der Waals surface area contributed by atoms with Crippen LogP contribution in [0.25, 0.3) is 0 Å². The number of anilines is 2. The molecule has 1 unspecified atom stereocenters. The molecule has 1 saturated heterocycles. The average Bonchev–Trinajstić information content (AvgIpc) is 3.38. The monoisotopic (exact) mass is 452 g/mol. The lowest BCUT2D eigenvalue weighted by atomic mass is 9.81. The number of nitrogens with one attached hydrogen (secondary N) is 1. The molecule has 154 valence electrons. The van der Waals surface area contributed by atoms with E-state index in [-0.39, 0.29) is 23.2 Å². The molecule has 1 aromatic carbocycles. The summed E-state index contributed by atoms with van der Waals surface area (Å²) >= 11 is 8.94. The number of amides is 2. The van der Waals surface area contributed by atoms with Crippen molar-refractivity contribution in [3.63, 3.8) is 0 Å². The van der Waals surface area contributed by atoms with Gasteiger partial charge in [0.05, 0.1) is 23.3 Å². The van der Waals surface area contributed by atoms with Crippen molar-refractivity contribution in [1.29, 1.82) is 0 Å². The number of aromatic nitrogens is 1. The first kappa shape index (κ1) is 20.5. The average molecular weight is 453 g/mol. The van der Waals surface area contributed by atoms with E-state index in [2.05, 4.69) is 27.0 Å². The van der Waals surface area contributed by atoms with Crippen molar-refractivity contribution in [3.05, 3.63) is 35.0 Å². The van der Waals surface area contributed by atoms with Gasteiger partial charge in [0.15, 0.2) is 5.13 Å². The molecule has 2 aromatic rings. The number of carbonyl (C=O) groups excluding carboxylic acids is 2. The SMILES string of the molecule is COC(=O)CSc1cnc(NC(=O)N2CC3(CCN(C)C3)c3cc(Cl)ccc32)s1. The number of rotatable bonds is 4. The number of carbonyl (C=O) groups is 2. The molecule has 2 amide bonds. The van der Waals surface area contributed by atoms with Gasteiger partial charge in [0.1, 0.15) is 0 Å². The van der Waals surface area contributed by atoms with Gasteiger partial charge in [-0.15, -0.1) is 11.8 Å². The van der Waals surface area contributed by atoms with Gasteiger partial charge >= 0.3 is 12.0 Å². The van der Waals surface area contributed by atoms with Gasteiger partial charge in [-0.1, -0.05) is 22.9 Å². The first-order valence-electron chi connectivity index (χ1n) is 9.13.